The molecule has 0 radical (unpaired) electrons. The van der Waals surface area contributed by atoms with Crippen molar-refractivity contribution in [1.82, 2.24) is 0 Å². The zero-order valence-corrected chi connectivity index (χ0v) is 13.5. The summed E-state index contributed by atoms with van der Waals surface area (Å²) in [4.78, 5) is 4.18. The Morgan fingerprint density at radius 1 is 1.12 bits per heavy atom. The summed E-state index contributed by atoms with van der Waals surface area (Å²) in [5.41, 5.74) is 15.8. The van der Waals surface area contributed by atoms with Gasteiger partial charge >= 0.3 is 0 Å². The van der Waals surface area contributed by atoms with Gasteiger partial charge in [0.25, 0.3) is 0 Å². The normalized spacial score (nSPS) is 16.8. The van der Waals surface area contributed by atoms with Crippen LogP contribution < -0.4 is 11.5 Å². The van der Waals surface area contributed by atoms with Crippen LogP contribution in [0.25, 0.3) is 22.3 Å². The monoisotopic (exact) mass is 319 g/mol. The third-order valence-electron chi connectivity index (χ3n) is 4.81. The van der Waals surface area contributed by atoms with Gasteiger partial charge in [-0.25, -0.2) is 0 Å². The average molecular weight is 319 g/mol. The van der Waals surface area contributed by atoms with Crippen LogP contribution in [-0.2, 0) is 12.8 Å². The van der Waals surface area contributed by atoms with Gasteiger partial charge in [-0.15, -0.1) is 0 Å². The fourth-order valence-corrected chi connectivity index (χ4v) is 3.62. The molecule has 0 saturated heterocycles. The highest BCUT2D eigenvalue weighted by Crippen LogP contribution is 2.36. The maximum atomic E-state index is 6.07. The van der Waals surface area contributed by atoms with Crippen LogP contribution in [0, 0.1) is 5.92 Å². The van der Waals surface area contributed by atoms with Crippen molar-refractivity contribution in [2.24, 2.45) is 22.4 Å². The van der Waals surface area contributed by atoms with E-state index in [0.717, 1.165) is 36.0 Å². The Bertz CT molecular complexity index is 873. The molecule has 0 fully saturated rings. The maximum Gasteiger partial charge on any atom is 0.185 e. The molecule has 122 valence electrons. The van der Waals surface area contributed by atoms with Gasteiger partial charge in [-0.3, -0.25) is 4.99 Å². The first-order valence-electron chi connectivity index (χ1n) is 8.36. The number of furan rings is 1. The number of rotatable bonds is 3. The SMILES string of the molecule is NC(N)=NCC1CCc2c(cccc2-c2cc3ccccc3o2)C1. The van der Waals surface area contributed by atoms with E-state index in [1.165, 1.54) is 16.7 Å². The van der Waals surface area contributed by atoms with Crippen molar-refractivity contribution in [3.05, 3.63) is 59.7 Å². The number of nitrogens with two attached hydrogens (primary N) is 2. The molecule has 0 aliphatic heterocycles. The molecule has 0 amide bonds. The lowest BCUT2D eigenvalue weighted by molar-refractivity contribution is 0.469. The number of para-hydroxylation sites is 1. The first-order chi connectivity index (χ1) is 11.7. The smallest absolute Gasteiger partial charge is 0.185 e. The Balaban J connectivity index is 1.67. The highest BCUT2D eigenvalue weighted by atomic mass is 16.3. The number of guanidine groups is 1. The Kier molecular flexibility index (Phi) is 3.73. The van der Waals surface area contributed by atoms with Crippen molar-refractivity contribution in [3.63, 3.8) is 0 Å². The van der Waals surface area contributed by atoms with Gasteiger partial charge in [0.15, 0.2) is 5.96 Å². The van der Waals surface area contributed by atoms with Crippen LogP contribution in [0.4, 0.5) is 0 Å². The van der Waals surface area contributed by atoms with Gasteiger partial charge in [0.2, 0.25) is 0 Å². The number of hydrogen-bond donors (Lipinski definition) is 2. The van der Waals surface area contributed by atoms with Gasteiger partial charge in [0, 0.05) is 17.5 Å². The summed E-state index contributed by atoms with van der Waals surface area (Å²) in [6, 6.07) is 16.8. The van der Waals surface area contributed by atoms with Gasteiger partial charge in [-0.1, -0.05) is 36.4 Å². The summed E-state index contributed by atoms with van der Waals surface area (Å²) >= 11 is 0. The van der Waals surface area contributed by atoms with E-state index in [9.17, 15) is 0 Å². The molecule has 0 bridgehead atoms. The molecule has 4 nitrogen and oxygen atoms in total. The Morgan fingerprint density at radius 3 is 2.83 bits per heavy atom. The van der Waals surface area contributed by atoms with E-state index < -0.39 is 0 Å². The van der Waals surface area contributed by atoms with Crippen LogP contribution in [-0.4, -0.2) is 12.5 Å². The quantitative estimate of drug-likeness (QED) is 0.573. The van der Waals surface area contributed by atoms with Gasteiger partial charge < -0.3 is 15.9 Å². The standard InChI is InChI=1S/C20H21N3O/c21-20(22)23-12-13-8-9-16-14(10-13)5-3-6-17(16)19-11-15-4-1-2-7-18(15)24-19/h1-7,11,13H,8-10,12H2,(H4,21,22,23). The van der Waals surface area contributed by atoms with E-state index in [2.05, 4.69) is 35.3 Å². The first-order valence-corrected chi connectivity index (χ1v) is 8.36. The summed E-state index contributed by atoms with van der Waals surface area (Å²) in [6.45, 7) is 0.705. The van der Waals surface area contributed by atoms with Crippen LogP contribution in [0.5, 0.6) is 0 Å². The molecule has 0 spiro atoms. The molecule has 1 atom stereocenters. The van der Waals surface area contributed by atoms with E-state index in [1.807, 2.05) is 18.2 Å². The molecule has 0 saturated carbocycles. The van der Waals surface area contributed by atoms with E-state index in [1.54, 1.807) is 0 Å². The molecular weight excluding hydrogens is 298 g/mol. The third-order valence-corrected chi connectivity index (χ3v) is 4.81. The predicted molar refractivity (Wildman–Crippen MR) is 97.8 cm³/mol. The van der Waals surface area contributed by atoms with E-state index >= 15 is 0 Å². The van der Waals surface area contributed by atoms with Gasteiger partial charge in [0.05, 0.1) is 0 Å². The lowest BCUT2D eigenvalue weighted by Crippen LogP contribution is -2.25. The van der Waals surface area contributed by atoms with E-state index in [-0.39, 0.29) is 5.96 Å². The topological polar surface area (TPSA) is 77.5 Å². The van der Waals surface area contributed by atoms with Crippen LogP contribution in [0.3, 0.4) is 0 Å². The molecule has 1 aromatic heterocycles. The molecule has 1 unspecified atom stereocenters. The molecule has 3 aromatic rings. The van der Waals surface area contributed by atoms with Crippen molar-refractivity contribution in [1.29, 1.82) is 0 Å². The molecule has 4 heteroatoms. The summed E-state index contributed by atoms with van der Waals surface area (Å²) in [5.74, 6) is 1.64. The van der Waals surface area contributed by atoms with Crippen molar-refractivity contribution in [2.75, 3.05) is 6.54 Å². The predicted octanol–water partition coefficient (Wildman–Crippen LogP) is 3.48. The third kappa shape index (κ3) is 2.75. The second-order valence-electron chi connectivity index (χ2n) is 6.47. The molecule has 2 aromatic carbocycles. The average Bonchev–Trinajstić information content (AvgIpc) is 3.03. The zero-order valence-electron chi connectivity index (χ0n) is 13.5. The lowest BCUT2D eigenvalue weighted by Gasteiger charge is -2.25. The minimum atomic E-state index is 0.178. The Morgan fingerprint density at radius 2 is 2.00 bits per heavy atom. The maximum absolute atomic E-state index is 6.07. The molecule has 4 N–H and O–H groups in total. The number of benzene rings is 2. The van der Waals surface area contributed by atoms with Crippen molar-refractivity contribution < 1.29 is 4.42 Å². The van der Waals surface area contributed by atoms with Crippen LogP contribution in [0.1, 0.15) is 17.5 Å². The zero-order chi connectivity index (χ0) is 16.5. The van der Waals surface area contributed by atoms with Crippen LogP contribution in [0.15, 0.2) is 57.9 Å². The summed E-state index contributed by atoms with van der Waals surface area (Å²) in [6.07, 6.45) is 3.15. The minimum Gasteiger partial charge on any atom is -0.456 e. The van der Waals surface area contributed by atoms with Crippen LogP contribution in [0.2, 0.25) is 0 Å². The van der Waals surface area contributed by atoms with E-state index in [4.69, 9.17) is 15.9 Å². The fraction of sp³-hybridized carbons (Fsp3) is 0.250. The molecular formula is C20H21N3O. The van der Waals surface area contributed by atoms with Gasteiger partial charge in [-0.05, 0) is 48.4 Å². The second kappa shape index (κ2) is 6.04. The van der Waals surface area contributed by atoms with Crippen LogP contribution >= 0.6 is 0 Å². The minimum absolute atomic E-state index is 0.178. The number of aliphatic imine (C=N–C) groups is 1. The first kappa shape index (κ1) is 14.8. The fourth-order valence-electron chi connectivity index (χ4n) is 3.62. The number of hydrogen-bond acceptors (Lipinski definition) is 2. The van der Waals surface area contributed by atoms with Gasteiger partial charge in [0.1, 0.15) is 11.3 Å². The molecule has 24 heavy (non-hydrogen) atoms. The lowest BCUT2D eigenvalue weighted by atomic mass is 9.81. The van der Waals surface area contributed by atoms with Gasteiger partial charge in [-0.2, -0.15) is 0 Å². The highest BCUT2D eigenvalue weighted by Gasteiger charge is 2.22. The molecule has 1 aliphatic carbocycles. The highest BCUT2D eigenvalue weighted by molar-refractivity contribution is 5.83. The summed E-state index contributed by atoms with van der Waals surface area (Å²) < 4.78 is 6.07. The number of fused-ring (bicyclic) bond motifs is 2. The summed E-state index contributed by atoms with van der Waals surface area (Å²) in [5, 5.41) is 1.14. The molecule has 4 rings (SSSR count). The van der Waals surface area contributed by atoms with Crippen molar-refractivity contribution in [2.45, 2.75) is 19.3 Å². The largest absolute Gasteiger partial charge is 0.456 e. The summed E-state index contributed by atoms with van der Waals surface area (Å²) in [7, 11) is 0. The van der Waals surface area contributed by atoms with E-state index in [0.29, 0.717) is 12.5 Å². The van der Waals surface area contributed by atoms with Crippen molar-refractivity contribution >= 4 is 16.9 Å². The Hall–Kier alpha value is -2.75. The molecule has 1 heterocycles. The second-order valence-corrected chi connectivity index (χ2v) is 6.47. The molecule has 1 aliphatic rings. The Labute approximate surface area is 141 Å². The number of nitrogens with zero attached hydrogens (tertiary/aromatic N) is 1. The van der Waals surface area contributed by atoms with Crippen molar-refractivity contribution in [3.8, 4) is 11.3 Å².